The Labute approximate surface area is 131 Å². The summed E-state index contributed by atoms with van der Waals surface area (Å²) in [5, 5.41) is 18.7. The first kappa shape index (κ1) is 14.9. The van der Waals surface area contributed by atoms with E-state index >= 15 is 0 Å². The summed E-state index contributed by atoms with van der Waals surface area (Å²) in [6.45, 7) is 1.28. The van der Waals surface area contributed by atoms with E-state index in [4.69, 9.17) is 9.84 Å². The van der Waals surface area contributed by atoms with Gasteiger partial charge in [-0.15, -0.1) is 5.10 Å². The van der Waals surface area contributed by atoms with E-state index in [-0.39, 0.29) is 11.6 Å². The largest absolute Gasteiger partial charge is 0.477 e. The molecule has 1 aliphatic heterocycles. The van der Waals surface area contributed by atoms with Crippen LogP contribution in [0.25, 0.3) is 0 Å². The van der Waals surface area contributed by atoms with E-state index in [1.807, 2.05) is 0 Å². The Morgan fingerprint density at radius 2 is 2.30 bits per heavy atom. The van der Waals surface area contributed by atoms with Gasteiger partial charge in [-0.05, 0) is 18.9 Å². The van der Waals surface area contributed by atoms with Gasteiger partial charge in [0.05, 0.1) is 24.9 Å². The van der Waals surface area contributed by atoms with Crippen molar-refractivity contribution >= 4 is 11.9 Å². The van der Waals surface area contributed by atoms with Gasteiger partial charge in [-0.2, -0.15) is 0 Å². The van der Waals surface area contributed by atoms with Crippen LogP contribution in [-0.4, -0.2) is 50.1 Å². The van der Waals surface area contributed by atoms with Crippen LogP contribution in [0.5, 0.6) is 5.88 Å². The number of rotatable bonds is 5. The molecule has 9 heteroatoms. The smallest absolute Gasteiger partial charge is 0.358 e. The Kier molecular flexibility index (Phi) is 4.18. The first-order valence-electron chi connectivity index (χ1n) is 7.17. The molecule has 0 atom stereocenters. The van der Waals surface area contributed by atoms with Gasteiger partial charge in [-0.1, -0.05) is 5.21 Å². The van der Waals surface area contributed by atoms with Crippen molar-refractivity contribution < 1.29 is 19.4 Å². The number of hydrogen-bond donors (Lipinski definition) is 2. The minimum Gasteiger partial charge on any atom is -0.477 e. The van der Waals surface area contributed by atoms with Crippen LogP contribution in [-0.2, 0) is 13.0 Å². The molecule has 120 valence electrons. The van der Waals surface area contributed by atoms with Crippen LogP contribution in [0.1, 0.15) is 32.8 Å². The SMILES string of the molecule is O=C(NCCn1cc(C(=O)O)nn1)c1cnc2c(c1)CCCO2. The Morgan fingerprint density at radius 3 is 3.09 bits per heavy atom. The molecule has 0 radical (unpaired) electrons. The lowest BCUT2D eigenvalue weighted by Gasteiger charge is -2.16. The van der Waals surface area contributed by atoms with Crippen molar-refractivity contribution in [1.82, 2.24) is 25.3 Å². The minimum absolute atomic E-state index is 0.129. The third kappa shape index (κ3) is 3.44. The van der Waals surface area contributed by atoms with Gasteiger partial charge in [0.1, 0.15) is 0 Å². The molecule has 9 nitrogen and oxygen atoms in total. The van der Waals surface area contributed by atoms with Crippen LogP contribution in [0.4, 0.5) is 0 Å². The topological polar surface area (TPSA) is 119 Å². The molecular formula is C14H15N5O4. The lowest BCUT2D eigenvalue weighted by molar-refractivity contribution is 0.0690. The van der Waals surface area contributed by atoms with Crippen LogP contribution >= 0.6 is 0 Å². The number of carbonyl (C=O) groups is 2. The first-order chi connectivity index (χ1) is 11.1. The van der Waals surface area contributed by atoms with E-state index in [0.29, 0.717) is 31.1 Å². The lowest BCUT2D eigenvalue weighted by atomic mass is 10.1. The highest BCUT2D eigenvalue weighted by molar-refractivity contribution is 5.94. The Hall–Kier alpha value is -2.97. The molecule has 1 aliphatic rings. The predicted molar refractivity (Wildman–Crippen MR) is 77.4 cm³/mol. The summed E-state index contributed by atoms with van der Waals surface area (Å²) in [5.74, 6) is -0.788. The summed E-state index contributed by atoms with van der Waals surface area (Å²) in [5.41, 5.74) is 1.28. The van der Waals surface area contributed by atoms with Crippen LogP contribution in [0, 0.1) is 0 Å². The summed E-state index contributed by atoms with van der Waals surface area (Å²) in [6.07, 6.45) is 4.56. The van der Waals surface area contributed by atoms with Gasteiger partial charge in [0, 0.05) is 18.3 Å². The van der Waals surface area contributed by atoms with Crippen molar-refractivity contribution in [1.29, 1.82) is 0 Å². The van der Waals surface area contributed by atoms with Crippen LogP contribution in [0.15, 0.2) is 18.5 Å². The molecule has 0 aromatic carbocycles. The zero-order chi connectivity index (χ0) is 16.2. The van der Waals surface area contributed by atoms with E-state index in [9.17, 15) is 9.59 Å². The van der Waals surface area contributed by atoms with Gasteiger partial charge in [0.25, 0.3) is 5.91 Å². The monoisotopic (exact) mass is 317 g/mol. The van der Waals surface area contributed by atoms with Crippen molar-refractivity contribution in [2.45, 2.75) is 19.4 Å². The standard InChI is InChI=1S/C14H15N5O4/c20-12(10-6-9-2-1-5-23-13(9)16-7-10)15-3-4-19-8-11(14(21)22)17-18-19/h6-8H,1-5H2,(H,15,20)(H,21,22). The normalized spacial score (nSPS) is 13.0. The maximum atomic E-state index is 12.1. The summed E-state index contributed by atoms with van der Waals surface area (Å²) < 4.78 is 6.77. The zero-order valence-corrected chi connectivity index (χ0v) is 12.2. The third-order valence-electron chi connectivity index (χ3n) is 3.40. The van der Waals surface area contributed by atoms with Gasteiger partial charge in [-0.25, -0.2) is 14.5 Å². The summed E-state index contributed by atoms with van der Waals surface area (Å²) in [4.78, 5) is 27.0. The molecule has 3 heterocycles. The lowest BCUT2D eigenvalue weighted by Crippen LogP contribution is -2.27. The maximum Gasteiger partial charge on any atom is 0.358 e. The van der Waals surface area contributed by atoms with Gasteiger partial charge in [0.15, 0.2) is 5.69 Å². The summed E-state index contributed by atoms with van der Waals surface area (Å²) in [6, 6.07) is 1.79. The fourth-order valence-electron chi connectivity index (χ4n) is 2.25. The summed E-state index contributed by atoms with van der Waals surface area (Å²) >= 11 is 0. The molecule has 2 aromatic rings. The molecule has 2 aromatic heterocycles. The van der Waals surface area contributed by atoms with Crippen molar-refractivity contribution in [2.24, 2.45) is 0 Å². The van der Waals surface area contributed by atoms with Crippen molar-refractivity contribution in [2.75, 3.05) is 13.2 Å². The number of carboxylic acids is 1. The Morgan fingerprint density at radius 1 is 1.43 bits per heavy atom. The van der Waals surface area contributed by atoms with Crippen LogP contribution in [0.3, 0.4) is 0 Å². The van der Waals surface area contributed by atoms with Gasteiger partial charge in [-0.3, -0.25) is 4.79 Å². The van der Waals surface area contributed by atoms with E-state index in [0.717, 1.165) is 18.4 Å². The number of nitrogens with zero attached hydrogens (tertiary/aromatic N) is 4. The highest BCUT2D eigenvalue weighted by atomic mass is 16.5. The predicted octanol–water partition coefficient (Wildman–Crippen LogP) is 0.126. The second-order valence-corrected chi connectivity index (χ2v) is 5.07. The number of ether oxygens (including phenoxy) is 1. The highest BCUT2D eigenvalue weighted by Crippen LogP contribution is 2.22. The number of carbonyl (C=O) groups excluding carboxylic acids is 1. The average Bonchev–Trinajstić information content (AvgIpc) is 3.03. The third-order valence-corrected chi connectivity index (χ3v) is 3.40. The molecule has 3 rings (SSSR count). The number of amides is 1. The Balaban J connectivity index is 1.55. The number of nitrogens with one attached hydrogen (secondary N) is 1. The molecule has 0 saturated heterocycles. The number of pyridine rings is 1. The number of hydrogen-bond acceptors (Lipinski definition) is 6. The number of aryl methyl sites for hydroxylation is 1. The molecule has 0 unspecified atom stereocenters. The zero-order valence-electron chi connectivity index (χ0n) is 12.2. The van der Waals surface area contributed by atoms with Gasteiger partial charge >= 0.3 is 5.97 Å². The van der Waals surface area contributed by atoms with Crippen molar-refractivity contribution in [3.8, 4) is 5.88 Å². The average molecular weight is 317 g/mol. The molecule has 0 fully saturated rings. The first-order valence-corrected chi connectivity index (χ1v) is 7.17. The highest BCUT2D eigenvalue weighted by Gasteiger charge is 2.15. The molecule has 0 saturated carbocycles. The molecule has 0 bridgehead atoms. The van der Waals surface area contributed by atoms with Crippen molar-refractivity contribution in [3.63, 3.8) is 0 Å². The summed E-state index contributed by atoms with van der Waals surface area (Å²) in [7, 11) is 0. The molecular weight excluding hydrogens is 302 g/mol. The fourth-order valence-corrected chi connectivity index (χ4v) is 2.25. The minimum atomic E-state index is -1.14. The number of aromatic nitrogens is 4. The number of carboxylic acid groups (broad SMARTS) is 1. The van der Waals surface area contributed by atoms with E-state index in [2.05, 4.69) is 20.6 Å². The molecule has 23 heavy (non-hydrogen) atoms. The second kappa shape index (κ2) is 6.42. The quantitative estimate of drug-likeness (QED) is 0.804. The van der Waals surface area contributed by atoms with E-state index in [1.165, 1.54) is 17.1 Å². The molecule has 0 spiro atoms. The van der Waals surface area contributed by atoms with Crippen LogP contribution in [0.2, 0.25) is 0 Å². The Bertz CT molecular complexity index is 743. The number of aromatic carboxylic acids is 1. The fraction of sp³-hybridized carbons (Fsp3) is 0.357. The van der Waals surface area contributed by atoms with E-state index in [1.54, 1.807) is 6.07 Å². The molecule has 1 amide bonds. The molecule has 0 aliphatic carbocycles. The second-order valence-electron chi connectivity index (χ2n) is 5.07. The van der Waals surface area contributed by atoms with Gasteiger partial charge in [0.2, 0.25) is 5.88 Å². The van der Waals surface area contributed by atoms with Crippen molar-refractivity contribution in [3.05, 3.63) is 35.3 Å². The number of fused-ring (bicyclic) bond motifs is 1. The maximum absolute atomic E-state index is 12.1. The molecule has 2 N–H and O–H groups in total. The van der Waals surface area contributed by atoms with E-state index < -0.39 is 5.97 Å². The van der Waals surface area contributed by atoms with Gasteiger partial charge < -0.3 is 15.2 Å². The van der Waals surface area contributed by atoms with Crippen LogP contribution < -0.4 is 10.1 Å².